The summed E-state index contributed by atoms with van der Waals surface area (Å²) in [6, 6.07) is 62.1. The molecule has 3 nitrogen and oxygen atoms in total. The summed E-state index contributed by atoms with van der Waals surface area (Å²) in [5, 5.41) is 6.88. The Bertz CT molecular complexity index is 2810. The molecule has 0 aliphatic heterocycles. The molecular weight excluding hydrogens is 599 g/mol. The van der Waals surface area contributed by atoms with Crippen LogP contribution in [0.3, 0.4) is 0 Å². The Morgan fingerprint density at radius 3 is 1.71 bits per heavy atom. The zero-order chi connectivity index (χ0) is 32.3. The predicted octanol–water partition coefficient (Wildman–Crippen LogP) is 13.4. The maximum Gasteiger partial charge on any atom is 0.143 e. The molecule has 2 aromatic heterocycles. The quantitative estimate of drug-likeness (QED) is 0.190. The average molecular weight is 628 g/mol. The largest absolute Gasteiger partial charge is 0.456 e. The van der Waals surface area contributed by atoms with Crippen molar-refractivity contribution in [3.63, 3.8) is 0 Å². The second kappa shape index (κ2) is 11.0. The first-order valence-electron chi connectivity index (χ1n) is 16.6. The highest BCUT2D eigenvalue weighted by molar-refractivity contribution is 6.19. The number of furan rings is 2. The molecule has 0 amide bonds. The Balaban J connectivity index is 1.13. The van der Waals surface area contributed by atoms with Crippen LogP contribution in [0.25, 0.3) is 76.9 Å². The van der Waals surface area contributed by atoms with Crippen LogP contribution in [0.2, 0.25) is 0 Å². The molecule has 0 unspecified atom stereocenters. The summed E-state index contributed by atoms with van der Waals surface area (Å²) in [6.45, 7) is 0. The van der Waals surface area contributed by atoms with Gasteiger partial charge in [-0.25, -0.2) is 0 Å². The summed E-state index contributed by atoms with van der Waals surface area (Å²) < 4.78 is 12.7. The van der Waals surface area contributed by atoms with E-state index >= 15 is 0 Å². The van der Waals surface area contributed by atoms with Gasteiger partial charge in [-0.1, -0.05) is 121 Å². The van der Waals surface area contributed by atoms with Gasteiger partial charge in [0.1, 0.15) is 22.3 Å². The minimum Gasteiger partial charge on any atom is -0.456 e. The van der Waals surface area contributed by atoms with E-state index in [0.717, 1.165) is 72.1 Å². The molecule has 0 aliphatic rings. The van der Waals surface area contributed by atoms with E-state index in [2.05, 4.69) is 157 Å². The van der Waals surface area contributed by atoms with E-state index in [0.29, 0.717) is 0 Å². The van der Waals surface area contributed by atoms with Crippen LogP contribution in [-0.4, -0.2) is 0 Å². The number of benzene rings is 8. The molecule has 3 heteroatoms. The van der Waals surface area contributed by atoms with E-state index in [1.165, 1.54) is 21.9 Å². The van der Waals surface area contributed by atoms with E-state index in [9.17, 15) is 0 Å². The summed E-state index contributed by atoms with van der Waals surface area (Å²) in [7, 11) is 0. The van der Waals surface area contributed by atoms with Gasteiger partial charge in [-0.05, 0) is 82.1 Å². The van der Waals surface area contributed by atoms with E-state index in [1.54, 1.807) is 0 Å². The van der Waals surface area contributed by atoms with Crippen molar-refractivity contribution in [2.24, 2.45) is 0 Å². The van der Waals surface area contributed by atoms with E-state index in [4.69, 9.17) is 8.83 Å². The fourth-order valence-corrected chi connectivity index (χ4v) is 7.32. The summed E-state index contributed by atoms with van der Waals surface area (Å²) in [6.07, 6.45) is 0. The van der Waals surface area contributed by atoms with Crippen LogP contribution in [0, 0.1) is 0 Å². The minimum absolute atomic E-state index is 0.897. The van der Waals surface area contributed by atoms with Gasteiger partial charge in [0, 0.05) is 44.2 Å². The third-order valence-electron chi connectivity index (χ3n) is 9.67. The Labute approximate surface area is 282 Å². The first-order valence-corrected chi connectivity index (χ1v) is 16.6. The number of fused-ring (bicyclic) bond motifs is 8. The van der Waals surface area contributed by atoms with Crippen molar-refractivity contribution >= 4 is 71.7 Å². The lowest BCUT2D eigenvalue weighted by atomic mass is 10.0. The minimum atomic E-state index is 0.897. The summed E-state index contributed by atoms with van der Waals surface area (Å²) in [4.78, 5) is 2.33. The van der Waals surface area contributed by atoms with Crippen molar-refractivity contribution in [2.75, 3.05) is 4.90 Å². The second-order valence-corrected chi connectivity index (χ2v) is 12.5. The molecule has 10 aromatic rings. The Morgan fingerprint density at radius 2 is 0.939 bits per heavy atom. The molecule has 0 saturated heterocycles. The molecule has 0 atom stereocenters. The monoisotopic (exact) mass is 627 g/mol. The molecule has 0 saturated carbocycles. The van der Waals surface area contributed by atoms with E-state index < -0.39 is 0 Å². The van der Waals surface area contributed by atoms with Gasteiger partial charge in [-0.15, -0.1) is 0 Å². The third-order valence-corrected chi connectivity index (χ3v) is 9.67. The number of rotatable bonds is 5. The summed E-state index contributed by atoms with van der Waals surface area (Å²) >= 11 is 0. The van der Waals surface area contributed by atoms with Crippen molar-refractivity contribution in [1.29, 1.82) is 0 Å². The van der Waals surface area contributed by atoms with Gasteiger partial charge in [0.15, 0.2) is 0 Å². The van der Waals surface area contributed by atoms with Crippen LogP contribution in [0.15, 0.2) is 185 Å². The van der Waals surface area contributed by atoms with Gasteiger partial charge in [0.25, 0.3) is 0 Å². The summed E-state index contributed by atoms with van der Waals surface area (Å²) in [5.41, 5.74) is 11.4. The fraction of sp³-hybridized carbons (Fsp3) is 0. The highest BCUT2D eigenvalue weighted by atomic mass is 16.3. The number of anilines is 3. The SMILES string of the molecule is c1ccc(-c2ccc(N(c3ccc(-c4cccc5c4oc4ccccc45)cc3)c3ccc4ccc5oc6ccccc6c5c4c3)cc2)cc1. The van der Waals surface area contributed by atoms with Crippen molar-refractivity contribution in [3.05, 3.63) is 176 Å². The normalized spacial score (nSPS) is 11.7. The van der Waals surface area contributed by atoms with Crippen molar-refractivity contribution in [2.45, 2.75) is 0 Å². The van der Waals surface area contributed by atoms with Gasteiger partial charge in [-0.2, -0.15) is 0 Å². The summed E-state index contributed by atoms with van der Waals surface area (Å²) in [5.74, 6) is 0. The van der Waals surface area contributed by atoms with E-state index in [-0.39, 0.29) is 0 Å². The topological polar surface area (TPSA) is 29.5 Å². The molecule has 230 valence electrons. The maximum atomic E-state index is 6.38. The number of nitrogens with zero attached hydrogens (tertiary/aromatic N) is 1. The lowest BCUT2D eigenvalue weighted by molar-refractivity contribution is 0.669. The van der Waals surface area contributed by atoms with Crippen molar-refractivity contribution < 1.29 is 8.83 Å². The zero-order valence-corrected chi connectivity index (χ0v) is 26.5. The van der Waals surface area contributed by atoms with Gasteiger partial charge >= 0.3 is 0 Å². The molecule has 2 heterocycles. The number of hydrogen-bond donors (Lipinski definition) is 0. The Morgan fingerprint density at radius 1 is 0.347 bits per heavy atom. The lowest BCUT2D eigenvalue weighted by Gasteiger charge is -2.26. The van der Waals surface area contributed by atoms with Crippen molar-refractivity contribution in [3.8, 4) is 22.3 Å². The second-order valence-electron chi connectivity index (χ2n) is 12.5. The number of para-hydroxylation sites is 3. The predicted molar refractivity (Wildman–Crippen MR) is 204 cm³/mol. The van der Waals surface area contributed by atoms with Crippen LogP contribution >= 0.6 is 0 Å². The van der Waals surface area contributed by atoms with Gasteiger partial charge in [0.05, 0.1) is 0 Å². The fourth-order valence-electron chi connectivity index (χ4n) is 7.32. The Hall–Kier alpha value is -6.58. The van der Waals surface area contributed by atoms with Gasteiger partial charge in [0.2, 0.25) is 0 Å². The van der Waals surface area contributed by atoms with Crippen LogP contribution in [-0.2, 0) is 0 Å². The highest BCUT2D eigenvalue weighted by Crippen LogP contribution is 2.42. The standard InChI is InChI=1S/C46H29NO2/c1-2-9-30(10-3-1)31-17-23-34(24-18-31)47(36-27-21-33-22-28-44-45(41(33)29-36)40-12-5-7-16-43(40)48-44)35-25-19-32(20-26-35)37-13-8-14-39-38-11-4-6-15-42(38)49-46(37)39/h1-29H. The third kappa shape index (κ3) is 4.51. The molecule has 10 rings (SSSR count). The van der Waals surface area contributed by atoms with Gasteiger partial charge in [-0.3, -0.25) is 0 Å². The first kappa shape index (κ1) is 27.5. The zero-order valence-electron chi connectivity index (χ0n) is 26.5. The first-order chi connectivity index (χ1) is 24.3. The van der Waals surface area contributed by atoms with Crippen LogP contribution in [0.1, 0.15) is 0 Å². The van der Waals surface area contributed by atoms with E-state index in [1.807, 2.05) is 24.3 Å². The number of hydrogen-bond acceptors (Lipinski definition) is 3. The molecule has 0 bridgehead atoms. The maximum absolute atomic E-state index is 6.38. The average Bonchev–Trinajstić information content (AvgIpc) is 3.75. The molecule has 49 heavy (non-hydrogen) atoms. The van der Waals surface area contributed by atoms with Crippen LogP contribution in [0.5, 0.6) is 0 Å². The molecule has 0 fully saturated rings. The van der Waals surface area contributed by atoms with Crippen LogP contribution < -0.4 is 4.90 Å². The molecule has 0 radical (unpaired) electrons. The molecule has 0 N–H and O–H groups in total. The molecule has 0 aliphatic carbocycles. The van der Waals surface area contributed by atoms with Crippen molar-refractivity contribution in [1.82, 2.24) is 0 Å². The van der Waals surface area contributed by atoms with Gasteiger partial charge < -0.3 is 13.7 Å². The Kier molecular flexibility index (Phi) is 6.18. The molecule has 8 aromatic carbocycles. The van der Waals surface area contributed by atoms with Crippen LogP contribution in [0.4, 0.5) is 17.1 Å². The molecular formula is C46H29NO2. The highest BCUT2D eigenvalue weighted by Gasteiger charge is 2.18. The molecule has 0 spiro atoms. The lowest BCUT2D eigenvalue weighted by Crippen LogP contribution is -2.09. The smallest absolute Gasteiger partial charge is 0.143 e.